The minimum Gasteiger partial charge on any atom is -0.274 e. The number of halogens is 1. The third kappa shape index (κ3) is 2.93. The van der Waals surface area contributed by atoms with Gasteiger partial charge >= 0.3 is 0 Å². The van der Waals surface area contributed by atoms with Gasteiger partial charge in [-0.1, -0.05) is 12.1 Å². The Morgan fingerprint density at radius 3 is 2.67 bits per heavy atom. The van der Waals surface area contributed by atoms with Crippen molar-refractivity contribution in [2.24, 2.45) is 0 Å². The van der Waals surface area contributed by atoms with Crippen molar-refractivity contribution < 1.29 is 13.5 Å². The first-order chi connectivity index (χ1) is 9.99. The van der Waals surface area contributed by atoms with E-state index in [4.69, 9.17) is 4.84 Å². The summed E-state index contributed by atoms with van der Waals surface area (Å²) in [7, 11) is 2.82. The maximum Gasteiger partial charge on any atom is 0.296 e. The van der Waals surface area contributed by atoms with Crippen molar-refractivity contribution in [1.29, 1.82) is 0 Å². The lowest BCUT2D eigenvalue weighted by molar-refractivity contribution is -0.0760. The number of aromatic nitrogens is 2. The lowest BCUT2D eigenvalue weighted by atomic mass is 10.1. The molecule has 0 unspecified atom stereocenters. The Labute approximate surface area is 127 Å². The molecule has 0 spiro atoms. The summed E-state index contributed by atoms with van der Waals surface area (Å²) < 4.78 is 14.5. The molecule has 2 rings (SSSR count). The molecular weight excluding hydrogens is 293 g/mol. The van der Waals surface area contributed by atoms with E-state index in [9.17, 15) is 8.68 Å². The van der Waals surface area contributed by atoms with Gasteiger partial charge < -0.3 is 0 Å². The van der Waals surface area contributed by atoms with E-state index in [0.717, 1.165) is 25.7 Å². The number of benzene rings is 1. The molecule has 1 heterocycles. The lowest BCUT2D eigenvalue weighted by Crippen LogP contribution is -2.26. The van der Waals surface area contributed by atoms with Gasteiger partial charge in [0, 0.05) is 12.6 Å². The van der Waals surface area contributed by atoms with E-state index in [1.807, 2.05) is 32.0 Å². The lowest BCUT2D eigenvalue weighted by Gasteiger charge is -2.13. The minimum absolute atomic E-state index is 0.0591. The molecule has 0 radical (unpaired) electrons. The van der Waals surface area contributed by atoms with Gasteiger partial charge in [0.2, 0.25) is 0 Å². The molecule has 0 aliphatic carbocycles. The Morgan fingerprint density at radius 1 is 1.38 bits per heavy atom. The van der Waals surface area contributed by atoms with E-state index in [2.05, 4.69) is 4.98 Å². The highest BCUT2D eigenvalue weighted by Crippen LogP contribution is 2.27. The second-order valence-electron chi connectivity index (χ2n) is 4.61. The van der Waals surface area contributed by atoms with Crippen LogP contribution in [0.15, 0.2) is 24.4 Å². The molecule has 7 heteroatoms. The number of amides is 1. The van der Waals surface area contributed by atoms with Crippen LogP contribution in [0.4, 0.5) is 3.89 Å². The molecule has 0 aliphatic heterocycles. The van der Waals surface area contributed by atoms with Crippen molar-refractivity contribution in [1.82, 2.24) is 14.0 Å². The Hall–Kier alpha value is -1.86. The van der Waals surface area contributed by atoms with Gasteiger partial charge in [0.15, 0.2) is 18.2 Å². The molecule has 0 atom stereocenters. The van der Waals surface area contributed by atoms with Gasteiger partial charge in [-0.3, -0.25) is 9.63 Å². The Kier molecular flexibility index (Phi) is 4.64. The summed E-state index contributed by atoms with van der Waals surface area (Å²) in [6.45, 7) is 3.97. The molecule has 0 N–H and O–H groups in total. The molecule has 1 aromatic heterocycles. The fraction of sp³-hybridized carbons (Fsp3) is 0.286. The van der Waals surface area contributed by atoms with Crippen LogP contribution < -0.4 is 0 Å². The zero-order valence-corrected chi connectivity index (χ0v) is 13.1. The maximum absolute atomic E-state index is 13.3. The zero-order chi connectivity index (χ0) is 15.6. The monoisotopic (exact) mass is 309 g/mol. The van der Waals surface area contributed by atoms with Crippen molar-refractivity contribution in [3.8, 4) is 11.4 Å². The summed E-state index contributed by atoms with van der Waals surface area (Å²) in [5.41, 5.74) is 3.08. The second kappa shape index (κ2) is 6.28. The van der Waals surface area contributed by atoms with Crippen LogP contribution >= 0.6 is 12.3 Å². The zero-order valence-electron chi connectivity index (χ0n) is 12.3. The first kappa shape index (κ1) is 15.5. The van der Waals surface area contributed by atoms with Crippen molar-refractivity contribution in [3.05, 3.63) is 41.2 Å². The molecule has 0 aliphatic rings. The fourth-order valence-electron chi connectivity index (χ4n) is 1.87. The van der Waals surface area contributed by atoms with Crippen LogP contribution in [0.3, 0.4) is 0 Å². The molecule has 0 saturated heterocycles. The standard InChI is InChI=1S/C14H16FN3O2S/c1-9-5-6-11(7-10(9)2)13-16-8-12(18(13)21-15)14(19)17(3)20-4/h5-8H,1-4H3. The quantitative estimate of drug-likeness (QED) is 0.814. The van der Waals surface area contributed by atoms with E-state index in [1.165, 1.54) is 20.4 Å². The minimum atomic E-state index is -0.467. The smallest absolute Gasteiger partial charge is 0.274 e. The summed E-state index contributed by atoms with van der Waals surface area (Å²) in [5.74, 6) is -0.0799. The fourth-order valence-corrected chi connectivity index (χ4v) is 2.29. The average molecular weight is 309 g/mol. The number of hydrogen-bond acceptors (Lipinski definition) is 4. The van der Waals surface area contributed by atoms with E-state index in [0.29, 0.717) is 5.82 Å². The van der Waals surface area contributed by atoms with Crippen molar-refractivity contribution >= 4 is 18.2 Å². The number of carbonyl (C=O) groups excluding carboxylic acids is 1. The van der Waals surface area contributed by atoms with E-state index in [-0.39, 0.29) is 18.0 Å². The number of nitrogens with zero attached hydrogens (tertiary/aromatic N) is 3. The van der Waals surface area contributed by atoms with Crippen molar-refractivity contribution in [3.63, 3.8) is 0 Å². The third-order valence-electron chi connectivity index (χ3n) is 3.33. The number of hydrogen-bond donors (Lipinski definition) is 0. The summed E-state index contributed by atoms with van der Waals surface area (Å²) in [5, 5.41) is 1.02. The summed E-state index contributed by atoms with van der Waals surface area (Å²) in [6, 6.07) is 5.71. The van der Waals surface area contributed by atoms with Crippen LogP contribution in [-0.4, -0.2) is 34.1 Å². The number of rotatable bonds is 4. The van der Waals surface area contributed by atoms with Gasteiger partial charge in [0.25, 0.3) is 5.91 Å². The highest BCUT2D eigenvalue weighted by Gasteiger charge is 2.21. The topological polar surface area (TPSA) is 47.4 Å². The largest absolute Gasteiger partial charge is 0.296 e. The molecular formula is C14H16FN3O2S. The van der Waals surface area contributed by atoms with Gasteiger partial charge in [-0.05, 0) is 31.0 Å². The SMILES string of the molecule is CON(C)C(=O)c1cnc(-c2ccc(C)c(C)c2)n1SF. The summed E-state index contributed by atoms with van der Waals surface area (Å²) in [6.07, 6.45) is 1.34. The second-order valence-corrected chi connectivity index (χ2v) is 5.12. The molecule has 0 fully saturated rings. The number of hydroxylamine groups is 2. The van der Waals surface area contributed by atoms with Gasteiger partial charge in [-0.15, -0.1) is 3.89 Å². The van der Waals surface area contributed by atoms with E-state index < -0.39 is 5.91 Å². The highest BCUT2D eigenvalue weighted by atomic mass is 32.2. The first-order valence-corrected chi connectivity index (χ1v) is 6.93. The Bertz CT molecular complexity index is 672. The van der Waals surface area contributed by atoms with Crippen LogP contribution in [-0.2, 0) is 4.84 Å². The molecule has 2 aromatic rings. The highest BCUT2D eigenvalue weighted by molar-refractivity contribution is 7.92. The summed E-state index contributed by atoms with van der Waals surface area (Å²) in [4.78, 5) is 21.1. The number of imidazole rings is 1. The predicted molar refractivity (Wildman–Crippen MR) is 80.3 cm³/mol. The normalized spacial score (nSPS) is 10.7. The molecule has 0 bridgehead atoms. The van der Waals surface area contributed by atoms with E-state index in [1.54, 1.807) is 0 Å². The van der Waals surface area contributed by atoms with Crippen LogP contribution in [0.1, 0.15) is 21.6 Å². The van der Waals surface area contributed by atoms with Crippen LogP contribution in [0.5, 0.6) is 0 Å². The van der Waals surface area contributed by atoms with Gasteiger partial charge in [0.05, 0.1) is 13.3 Å². The van der Waals surface area contributed by atoms with Gasteiger partial charge in [-0.25, -0.2) is 14.0 Å². The summed E-state index contributed by atoms with van der Waals surface area (Å²) >= 11 is -0.0591. The van der Waals surface area contributed by atoms with Crippen LogP contribution in [0, 0.1) is 13.8 Å². The number of aryl methyl sites for hydroxylation is 2. The molecule has 5 nitrogen and oxygen atoms in total. The molecule has 1 aromatic carbocycles. The Morgan fingerprint density at radius 2 is 2.10 bits per heavy atom. The van der Waals surface area contributed by atoms with Gasteiger partial charge in [0.1, 0.15) is 5.69 Å². The third-order valence-corrected chi connectivity index (χ3v) is 3.84. The molecule has 1 amide bonds. The predicted octanol–water partition coefficient (Wildman–Crippen LogP) is 3.18. The average Bonchev–Trinajstić information content (AvgIpc) is 2.92. The first-order valence-electron chi connectivity index (χ1n) is 6.26. The molecule has 0 saturated carbocycles. The van der Waals surface area contributed by atoms with Crippen molar-refractivity contribution in [2.75, 3.05) is 14.2 Å². The van der Waals surface area contributed by atoms with Gasteiger partial charge in [-0.2, -0.15) is 0 Å². The molecule has 21 heavy (non-hydrogen) atoms. The molecule has 112 valence electrons. The Balaban J connectivity index is 2.49. The van der Waals surface area contributed by atoms with Crippen molar-refractivity contribution in [2.45, 2.75) is 13.8 Å². The van der Waals surface area contributed by atoms with E-state index >= 15 is 0 Å². The van der Waals surface area contributed by atoms with Crippen LogP contribution in [0.25, 0.3) is 11.4 Å². The van der Waals surface area contributed by atoms with Crippen LogP contribution in [0.2, 0.25) is 0 Å². The number of carbonyl (C=O) groups is 1. The maximum atomic E-state index is 13.3.